The first-order valence-corrected chi connectivity index (χ1v) is 9.35. The van der Waals surface area contributed by atoms with Gasteiger partial charge in [-0.3, -0.25) is 9.59 Å². The van der Waals surface area contributed by atoms with Crippen molar-refractivity contribution in [3.8, 4) is 11.1 Å². The number of hydrogen-bond acceptors (Lipinski definition) is 5. The summed E-state index contributed by atoms with van der Waals surface area (Å²) in [7, 11) is 0. The average molecular weight is 397 g/mol. The third-order valence-electron chi connectivity index (χ3n) is 4.65. The van der Waals surface area contributed by atoms with Crippen LogP contribution in [0.2, 0.25) is 0 Å². The Morgan fingerprint density at radius 2 is 1.80 bits per heavy atom. The van der Waals surface area contributed by atoms with Gasteiger partial charge in [0.25, 0.3) is 5.91 Å². The van der Waals surface area contributed by atoms with E-state index < -0.39 is 11.3 Å². The van der Waals surface area contributed by atoms with Crippen LogP contribution < -0.4 is 16.5 Å². The molecule has 1 amide bonds. The molecular weight excluding hydrogens is 378 g/mol. The van der Waals surface area contributed by atoms with E-state index in [1.807, 2.05) is 54.6 Å². The highest BCUT2D eigenvalue weighted by atomic mass is 16.2. The normalized spacial score (nSPS) is 11.1. The van der Waals surface area contributed by atoms with Gasteiger partial charge in [-0.1, -0.05) is 54.6 Å². The summed E-state index contributed by atoms with van der Waals surface area (Å²) in [6.45, 7) is 0.308. The summed E-state index contributed by atoms with van der Waals surface area (Å²) in [5.74, 6) is -0.0898. The number of pyridine rings is 1. The van der Waals surface area contributed by atoms with Crippen LogP contribution in [-0.2, 0) is 6.54 Å². The minimum absolute atomic E-state index is 0.00845. The van der Waals surface area contributed by atoms with Crippen molar-refractivity contribution in [2.45, 2.75) is 6.54 Å². The molecule has 0 unspecified atom stereocenters. The van der Waals surface area contributed by atoms with Crippen LogP contribution >= 0.6 is 0 Å². The monoisotopic (exact) mass is 397 g/mol. The molecule has 0 aliphatic carbocycles. The molecule has 0 aliphatic rings. The Labute approximate surface area is 172 Å². The van der Waals surface area contributed by atoms with Crippen LogP contribution in [-0.4, -0.2) is 20.9 Å². The number of benzene rings is 2. The van der Waals surface area contributed by atoms with E-state index in [1.54, 1.807) is 0 Å². The van der Waals surface area contributed by atoms with E-state index in [9.17, 15) is 9.59 Å². The van der Waals surface area contributed by atoms with Gasteiger partial charge in [-0.25, -0.2) is 9.97 Å². The van der Waals surface area contributed by atoms with Gasteiger partial charge in [-0.15, -0.1) is 0 Å². The molecule has 7 heteroatoms. The third kappa shape index (κ3) is 3.95. The number of hydrogen-bond donors (Lipinski definition) is 3. The predicted octanol–water partition coefficient (Wildman–Crippen LogP) is 2.84. The summed E-state index contributed by atoms with van der Waals surface area (Å²) >= 11 is 0. The molecule has 148 valence electrons. The number of carbonyl (C=O) groups is 1. The molecule has 30 heavy (non-hydrogen) atoms. The molecule has 0 saturated carbocycles. The fourth-order valence-electron chi connectivity index (χ4n) is 3.08. The zero-order chi connectivity index (χ0) is 20.9. The molecule has 0 atom stereocenters. The fraction of sp³-hybridized carbons (Fsp3) is 0.0435. The fourth-order valence-corrected chi connectivity index (χ4v) is 3.08. The molecule has 2 heterocycles. The van der Waals surface area contributed by atoms with Crippen LogP contribution in [0.15, 0.2) is 78.0 Å². The molecule has 0 aliphatic heterocycles. The molecule has 0 radical (unpaired) electrons. The van der Waals surface area contributed by atoms with Gasteiger partial charge in [0.15, 0.2) is 5.82 Å². The lowest BCUT2D eigenvalue weighted by atomic mass is 10.0. The number of amides is 1. The maximum atomic E-state index is 12.6. The summed E-state index contributed by atoms with van der Waals surface area (Å²) in [4.78, 5) is 36.3. The number of fused-ring (bicyclic) bond motifs is 1. The van der Waals surface area contributed by atoms with Crippen molar-refractivity contribution in [2.24, 2.45) is 5.73 Å². The van der Waals surface area contributed by atoms with Gasteiger partial charge in [0.05, 0.1) is 5.39 Å². The molecule has 0 fully saturated rings. The smallest absolute Gasteiger partial charge is 0.257 e. The molecular formula is C23H19N5O2. The maximum absolute atomic E-state index is 12.6. The Balaban J connectivity index is 1.48. The zero-order valence-corrected chi connectivity index (χ0v) is 16.0. The number of nitrogens with zero attached hydrogens (tertiary/aromatic N) is 2. The summed E-state index contributed by atoms with van der Waals surface area (Å²) in [6.07, 6.45) is 5.58. The van der Waals surface area contributed by atoms with Gasteiger partial charge in [0, 0.05) is 18.9 Å². The van der Waals surface area contributed by atoms with Crippen LogP contribution in [0.1, 0.15) is 21.7 Å². The lowest BCUT2D eigenvalue weighted by Crippen LogP contribution is -2.28. The average Bonchev–Trinajstić information content (AvgIpc) is 2.79. The second kappa shape index (κ2) is 8.40. The van der Waals surface area contributed by atoms with E-state index in [-0.39, 0.29) is 10.9 Å². The van der Waals surface area contributed by atoms with Crippen molar-refractivity contribution < 1.29 is 4.79 Å². The largest absolute Gasteiger partial charge is 0.404 e. The maximum Gasteiger partial charge on any atom is 0.257 e. The number of aromatic nitrogens is 3. The minimum Gasteiger partial charge on any atom is -0.404 e. The molecule has 2 aromatic heterocycles. The van der Waals surface area contributed by atoms with Crippen LogP contribution in [0.4, 0.5) is 0 Å². The van der Waals surface area contributed by atoms with Gasteiger partial charge in [0.1, 0.15) is 11.2 Å². The summed E-state index contributed by atoms with van der Waals surface area (Å²) in [5.41, 5.74) is 8.42. The van der Waals surface area contributed by atoms with Crippen molar-refractivity contribution in [3.63, 3.8) is 0 Å². The predicted molar refractivity (Wildman–Crippen MR) is 116 cm³/mol. The van der Waals surface area contributed by atoms with Crippen molar-refractivity contribution in [3.05, 3.63) is 100 Å². The van der Waals surface area contributed by atoms with Crippen molar-refractivity contribution >= 4 is 23.0 Å². The van der Waals surface area contributed by atoms with Crippen LogP contribution in [0, 0.1) is 0 Å². The number of H-pyrrole nitrogens is 1. The first kappa shape index (κ1) is 19.1. The van der Waals surface area contributed by atoms with Crippen molar-refractivity contribution in [1.82, 2.24) is 20.3 Å². The second-order valence-electron chi connectivity index (χ2n) is 6.63. The van der Waals surface area contributed by atoms with E-state index >= 15 is 0 Å². The van der Waals surface area contributed by atoms with Crippen molar-refractivity contribution in [1.29, 1.82) is 0 Å². The summed E-state index contributed by atoms with van der Waals surface area (Å²) < 4.78 is 0. The lowest BCUT2D eigenvalue weighted by molar-refractivity contribution is 0.0949. The highest BCUT2D eigenvalue weighted by Gasteiger charge is 2.14. The molecule has 7 nitrogen and oxygen atoms in total. The summed E-state index contributed by atoms with van der Waals surface area (Å²) in [5, 5.41) is 3.02. The Hall–Kier alpha value is -4.26. The topological polar surface area (TPSA) is 114 Å². The van der Waals surface area contributed by atoms with E-state index in [0.717, 1.165) is 16.7 Å². The standard InChI is InChI=1S/C23H19N5O2/c24-11-10-20-25-13-18-21(29)19(14-26-22(18)28-20)23(30)27-12-15-6-8-17(9-7-15)16-4-2-1-3-5-16/h1-11,13-14H,12,24H2,(H,27,30)(H,25,26,28,29)/b11-10-. The highest BCUT2D eigenvalue weighted by Crippen LogP contribution is 2.19. The Morgan fingerprint density at radius 3 is 2.53 bits per heavy atom. The number of rotatable bonds is 5. The van der Waals surface area contributed by atoms with Gasteiger partial charge >= 0.3 is 0 Å². The van der Waals surface area contributed by atoms with E-state index in [4.69, 9.17) is 5.73 Å². The Kier molecular flexibility index (Phi) is 5.34. The quantitative estimate of drug-likeness (QED) is 0.479. The Bertz CT molecular complexity index is 1280. The second-order valence-corrected chi connectivity index (χ2v) is 6.63. The van der Waals surface area contributed by atoms with Gasteiger partial charge in [-0.05, 0) is 29.0 Å². The molecule has 0 bridgehead atoms. The van der Waals surface area contributed by atoms with Crippen molar-refractivity contribution in [2.75, 3.05) is 0 Å². The third-order valence-corrected chi connectivity index (χ3v) is 4.65. The van der Waals surface area contributed by atoms with E-state index in [0.29, 0.717) is 18.0 Å². The number of nitrogens with one attached hydrogen (secondary N) is 2. The first-order chi connectivity index (χ1) is 14.7. The number of carbonyl (C=O) groups excluding carboxylic acids is 1. The molecule has 4 N–H and O–H groups in total. The molecule has 4 rings (SSSR count). The van der Waals surface area contributed by atoms with Crippen LogP contribution in [0.3, 0.4) is 0 Å². The molecule has 0 spiro atoms. The molecule has 0 saturated heterocycles. The molecule has 2 aromatic carbocycles. The molecule has 4 aromatic rings. The minimum atomic E-state index is -0.462. The summed E-state index contributed by atoms with van der Waals surface area (Å²) in [6, 6.07) is 18.0. The highest BCUT2D eigenvalue weighted by molar-refractivity contribution is 5.96. The first-order valence-electron chi connectivity index (χ1n) is 9.35. The van der Waals surface area contributed by atoms with Crippen LogP contribution in [0.5, 0.6) is 0 Å². The zero-order valence-electron chi connectivity index (χ0n) is 16.0. The van der Waals surface area contributed by atoms with E-state index in [1.165, 1.54) is 24.7 Å². The van der Waals surface area contributed by atoms with Gasteiger partial charge in [0.2, 0.25) is 5.43 Å². The van der Waals surface area contributed by atoms with Crippen LogP contribution in [0.25, 0.3) is 28.2 Å². The SMILES string of the molecule is N/C=C\c1ncc2c(=O)c(C(=O)NCc3ccc(-c4ccccc4)cc3)c[nH]c2n1. The van der Waals surface area contributed by atoms with Gasteiger partial charge in [-0.2, -0.15) is 0 Å². The number of aromatic amines is 1. The van der Waals surface area contributed by atoms with Gasteiger partial charge < -0.3 is 16.0 Å². The Morgan fingerprint density at radius 1 is 1.07 bits per heavy atom. The van der Waals surface area contributed by atoms with E-state index in [2.05, 4.69) is 20.3 Å². The number of nitrogens with two attached hydrogens (primary N) is 1. The lowest BCUT2D eigenvalue weighted by Gasteiger charge is -2.07.